The monoisotopic (exact) mass is 414 g/mol. The van der Waals surface area contributed by atoms with Gasteiger partial charge in [0.15, 0.2) is 16.7 Å². The molecule has 0 spiro atoms. The number of nitrogens with one attached hydrogen (secondary N) is 2. The fraction of sp³-hybridized carbons (Fsp3) is 0.350. The van der Waals surface area contributed by atoms with Crippen LogP contribution in [0.15, 0.2) is 34.2 Å². The third-order valence-corrected chi connectivity index (χ3v) is 5.54. The molecular formula is C20H22N4O4S. The van der Waals surface area contributed by atoms with Gasteiger partial charge in [-0.3, -0.25) is 14.2 Å². The van der Waals surface area contributed by atoms with E-state index < -0.39 is 0 Å². The van der Waals surface area contributed by atoms with Crippen molar-refractivity contribution in [2.24, 2.45) is 0 Å². The Labute approximate surface area is 171 Å². The topological polar surface area (TPSA) is 98.2 Å². The zero-order valence-corrected chi connectivity index (χ0v) is 17.1. The number of amides is 1. The highest BCUT2D eigenvalue weighted by Gasteiger charge is 2.16. The summed E-state index contributed by atoms with van der Waals surface area (Å²) in [5.41, 5.74) is 2.55. The lowest BCUT2D eigenvalue weighted by atomic mass is 10.3. The number of benzene rings is 1. The summed E-state index contributed by atoms with van der Waals surface area (Å²) in [4.78, 5) is 33.0. The Morgan fingerprint density at radius 3 is 2.97 bits per heavy atom. The minimum atomic E-state index is -0.185. The number of hydrogen-bond acceptors (Lipinski definition) is 6. The van der Waals surface area contributed by atoms with Crippen molar-refractivity contribution >= 4 is 34.4 Å². The molecule has 8 nitrogen and oxygen atoms in total. The van der Waals surface area contributed by atoms with Gasteiger partial charge in [0, 0.05) is 24.0 Å². The summed E-state index contributed by atoms with van der Waals surface area (Å²) in [7, 11) is 0. The molecule has 2 N–H and O–H groups in total. The molecule has 0 radical (unpaired) electrons. The van der Waals surface area contributed by atoms with E-state index in [2.05, 4.69) is 22.2 Å². The van der Waals surface area contributed by atoms with Gasteiger partial charge in [0.2, 0.25) is 12.7 Å². The van der Waals surface area contributed by atoms with Crippen LogP contribution in [0.3, 0.4) is 0 Å². The molecule has 4 rings (SSSR count). The highest BCUT2D eigenvalue weighted by atomic mass is 32.2. The highest BCUT2D eigenvalue weighted by Crippen LogP contribution is 2.34. The number of aromatic nitrogens is 3. The maximum atomic E-state index is 12.9. The number of ether oxygens (including phenoxy) is 2. The number of H-pyrrole nitrogens is 1. The van der Waals surface area contributed by atoms with Crippen molar-refractivity contribution in [1.82, 2.24) is 14.5 Å². The number of thioether (sulfide) groups is 1. The first kappa shape index (κ1) is 19.4. The molecular weight excluding hydrogens is 392 g/mol. The van der Waals surface area contributed by atoms with Crippen LogP contribution in [0.1, 0.15) is 25.5 Å². The van der Waals surface area contributed by atoms with Gasteiger partial charge >= 0.3 is 0 Å². The lowest BCUT2D eigenvalue weighted by molar-refractivity contribution is -0.113. The summed E-state index contributed by atoms with van der Waals surface area (Å²) in [6, 6.07) is 7.10. The number of hydrogen-bond donors (Lipinski definition) is 2. The van der Waals surface area contributed by atoms with Gasteiger partial charge in [-0.05, 0) is 31.5 Å². The Balaban J connectivity index is 1.50. The molecule has 29 heavy (non-hydrogen) atoms. The van der Waals surface area contributed by atoms with Crippen LogP contribution in [0.25, 0.3) is 11.0 Å². The Bertz CT molecular complexity index is 1120. The molecule has 0 saturated heterocycles. The Morgan fingerprint density at radius 1 is 1.31 bits per heavy atom. The second-order valence-electron chi connectivity index (χ2n) is 6.82. The van der Waals surface area contributed by atoms with Crippen LogP contribution in [0.4, 0.5) is 5.69 Å². The van der Waals surface area contributed by atoms with Gasteiger partial charge in [0.05, 0.1) is 11.3 Å². The molecule has 1 aliphatic rings. The molecule has 0 saturated carbocycles. The number of anilines is 1. The SMILES string of the molecule is CCCCn1c(SCC(=O)Nc2ccc3c(c2)OCO3)nc2cc(C)[nH]c2c1=O. The fourth-order valence-electron chi connectivity index (χ4n) is 3.14. The Kier molecular flexibility index (Phi) is 5.48. The molecule has 0 unspecified atom stereocenters. The van der Waals surface area contributed by atoms with Crippen molar-refractivity contribution in [2.75, 3.05) is 17.9 Å². The third kappa shape index (κ3) is 4.09. The second-order valence-corrected chi connectivity index (χ2v) is 7.76. The summed E-state index contributed by atoms with van der Waals surface area (Å²) in [6.07, 6.45) is 1.83. The van der Waals surface area contributed by atoms with E-state index in [1.165, 1.54) is 11.8 Å². The maximum absolute atomic E-state index is 12.9. The van der Waals surface area contributed by atoms with E-state index in [-0.39, 0.29) is 24.0 Å². The lowest BCUT2D eigenvalue weighted by Crippen LogP contribution is -2.24. The number of carbonyl (C=O) groups excluding carboxylic acids is 1. The summed E-state index contributed by atoms with van der Waals surface area (Å²) < 4.78 is 12.3. The molecule has 2 aromatic heterocycles. The molecule has 3 heterocycles. The number of aromatic amines is 1. The number of nitrogens with zero attached hydrogens (tertiary/aromatic N) is 2. The number of unbranched alkanes of at least 4 members (excludes halogenated alkanes) is 1. The fourth-order valence-corrected chi connectivity index (χ4v) is 3.96. The molecule has 3 aromatic rings. The Morgan fingerprint density at radius 2 is 2.14 bits per heavy atom. The second kappa shape index (κ2) is 8.20. The summed E-state index contributed by atoms with van der Waals surface area (Å²) >= 11 is 1.26. The van der Waals surface area contributed by atoms with E-state index in [4.69, 9.17) is 9.47 Å². The molecule has 0 aliphatic carbocycles. The number of aryl methyl sites for hydroxylation is 1. The van der Waals surface area contributed by atoms with Gasteiger partial charge in [-0.1, -0.05) is 25.1 Å². The van der Waals surface area contributed by atoms with Crippen LogP contribution in [0.5, 0.6) is 11.5 Å². The summed E-state index contributed by atoms with van der Waals surface area (Å²) in [5, 5.41) is 3.40. The van der Waals surface area contributed by atoms with Gasteiger partial charge < -0.3 is 19.8 Å². The van der Waals surface area contributed by atoms with Crippen molar-refractivity contribution in [2.45, 2.75) is 38.4 Å². The van der Waals surface area contributed by atoms with Gasteiger partial charge in [-0.15, -0.1) is 0 Å². The largest absolute Gasteiger partial charge is 0.454 e. The van der Waals surface area contributed by atoms with Crippen LogP contribution >= 0.6 is 11.8 Å². The number of rotatable bonds is 7. The van der Waals surface area contributed by atoms with E-state index in [1.807, 2.05) is 13.0 Å². The third-order valence-electron chi connectivity index (χ3n) is 4.56. The van der Waals surface area contributed by atoms with Gasteiger partial charge in [0.1, 0.15) is 5.52 Å². The highest BCUT2D eigenvalue weighted by molar-refractivity contribution is 7.99. The number of fused-ring (bicyclic) bond motifs is 2. The van der Waals surface area contributed by atoms with E-state index in [9.17, 15) is 9.59 Å². The van der Waals surface area contributed by atoms with Crippen molar-refractivity contribution in [1.29, 1.82) is 0 Å². The first-order valence-electron chi connectivity index (χ1n) is 9.47. The first-order valence-corrected chi connectivity index (χ1v) is 10.5. The van der Waals surface area contributed by atoms with E-state index in [0.717, 1.165) is 18.5 Å². The molecule has 0 fully saturated rings. The predicted molar refractivity (Wildman–Crippen MR) is 112 cm³/mol. The van der Waals surface area contributed by atoms with Crippen LogP contribution in [0, 0.1) is 6.92 Å². The zero-order valence-electron chi connectivity index (χ0n) is 16.3. The quantitative estimate of drug-likeness (QED) is 0.455. The van der Waals surface area contributed by atoms with Crippen LogP contribution in [-0.4, -0.2) is 33.0 Å². The van der Waals surface area contributed by atoms with Crippen LogP contribution in [0.2, 0.25) is 0 Å². The maximum Gasteiger partial charge on any atom is 0.278 e. The van der Waals surface area contributed by atoms with Gasteiger partial charge in [-0.25, -0.2) is 4.98 Å². The smallest absolute Gasteiger partial charge is 0.278 e. The zero-order chi connectivity index (χ0) is 20.4. The van der Waals surface area contributed by atoms with Crippen molar-refractivity contribution in [3.8, 4) is 11.5 Å². The molecule has 9 heteroatoms. The van der Waals surface area contributed by atoms with E-state index in [1.54, 1.807) is 22.8 Å². The minimum Gasteiger partial charge on any atom is -0.454 e. The molecule has 152 valence electrons. The average Bonchev–Trinajstić information content (AvgIpc) is 3.31. The molecule has 0 bridgehead atoms. The van der Waals surface area contributed by atoms with Crippen molar-refractivity contribution < 1.29 is 14.3 Å². The average molecular weight is 414 g/mol. The van der Waals surface area contributed by atoms with Gasteiger partial charge in [0.25, 0.3) is 5.56 Å². The lowest BCUT2D eigenvalue weighted by Gasteiger charge is -2.11. The number of carbonyl (C=O) groups is 1. The van der Waals surface area contributed by atoms with Gasteiger partial charge in [-0.2, -0.15) is 0 Å². The van der Waals surface area contributed by atoms with E-state index >= 15 is 0 Å². The minimum absolute atomic E-state index is 0.102. The first-order chi connectivity index (χ1) is 14.0. The normalized spacial score (nSPS) is 12.5. The van der Waals surface area contributed by atoms with Crippen LogP contribution in [-0.2, 0) is 11.3 Å². The predicted octanol–water partition coefficient (Wildman–Crippen LogP) is 3.29. The van der Waals surface area contributed by atoms with E-state index in [0.29, 0.717) is 39.9 Å². The van der Waals surface area contributed by atoms with Crippen molar-refractivity contribution in [3.05, 3.63) is 40.3 Å². The van der Waals surface area contributed by atoms with Crippen molar-refractivity contribution in [3.63, 3.8) is 0 Å². The standard InChI is InChI=1S/C20H22N4O4S/c1-3-4-7-24-19(26)18-14(8-12(2)21-18)23-20(24)29-10-17(25)22-13-5-6-15-16(9-13)28-11-27-15/h5-6,8-9,21H,3-4,7,10-11H2,1-2H3,(H,22,25). The molecule has 1 amide bonds. The Hall–Kier alpha value is -2.94. The molecule has 1 aliphatic heterocycles. The van der Waals surface area contributed by atoms with Crippen LogP contribution < -0.4 is 20.3 Å². The summed E-state index contributed by atoms with van der Waals surface area (Å²) in [5.74, 6) is 1.23. The summed E-state index contributed by atoms with van der Waals surface area (Å²) in [6.45, 7) is 4.72. The molecule has 0 atom stereocenters. The molecule has 1 aromatic carbocycles.